The van der Waals surface area contributed by atoms with Crippen molar-refractivity contribution in [2.75, 3.05) is 26.2 Å². The lowest BCUT2D eigenvalue weighted by molar-refractivity contribution is 0.0692. The van der Waals surface area contributed by atoms with E-state index in [9.17, 15) is 22.0 Å². The smallest absolute Gasteiger partial charge is 0.277 e. The molecule has 9 heteroatoms. The van der Waals surface area contributed by atoms with Gasteiger partial charge in [-0.3, -0.25) is 4.79 Å². The lowest BCUT2D eigenvalue weighted by Crippen LogP contribution is -2.52. The summed E-state index contributed by atoms with van der Waals surface area (Å²) in [4.78, 5) is 13.3. The molecule has 2 rings (SSSR count). The number of carbonyl (C=O) groups is 1. The molecule has 0 aliphatic carbocycles. The van der Waals surface area contributed by atoms with Gasteiger partial charge in [-0.1, -0.05) is 0 Å². The van der Waals surface area contributed by atoms with Crippen LogP contribution in [0.1, 0.15) is 10.4 Å². The number of hydrogen-bond donors (Lipinski definition) is 1. The highest BCUT2D eigenvalue weighted by atomic mass is 32.2. The van der Waals surface area contributed by atoms with E-state index in [0.29, 0.717) is 0 Å². The first-order chi connectivity index (χ1) is 9.29. The molecule has 0 aromatic heterocycles. The van der Waals surface area contributed by atoms with E-state index in [1.807, 2.05) is 0 Å². The van der Waals surface area contributed by atoms with Crippen LogP contribution in [0, 0.1) is 11.6 Å². The van der Waals surface area contributed by atoms with Crippen LogP contribution in [0.15, 0.2) is 18.2 Å². The van der Waals surface area contributed by atoms with E-state index in [2.05, 4.69) is 0 Å². The summed E-state index contributed by atoms with van der Waals surface area (Å²) in [6.07, 6.45) is 0. The van der Waals surface area contributed by atoms with Crippen LogP contribution in [0.3, 0.4) is 0 Å². The molecule has 1 heterocycles. The van der Waals surface area contributed by atoms with Crippen LogP contribution in [-0.2, 0) is 10.2 Å². The van der Waals surface area contributed by atoms with Crippen LogP contribution in [0.5, 0.6) is 0 Å². The Hall–Kier alpha value is -1.58. The van der Waals surface area contributed by atoms with Crippen LogP contribution in [-0.4, -0.2) is 49.7 Å². The van der Waals surface area contributed by atoms with E-state index in [0.717, 1.165) is 22.5 Å². The second kappa shape index (κ2) is 5.43. The predicted octanol–water partition coefficient (Wildman–Crippen LogP) is -0.0739. The van der Waals surface area contributed by atoms with Gasteiger partial charge in [-0.2, -0.15) is 12.7 Å². The van der Waals surface area contributed by atoms with Crippen molar-refractivity contribution in [3.05, 3.63) is 35.4 Å². The van der Waals surface area contributed by atoms with Crippen LogP contribution >= 0.6 is 0 Å². The van der Waals surface area contributed by atoms with Gasteiger partial charge >= 0.3 is 0 Å². The topological polar surface area (TPSA) is 83.7 Å². The maximum Gasteiger partial charge on any atom is 0.277 e. The number of halogens is 2. The van der Waals surface area contributed by atoms with Gasteiger partial charge in [-0.05, 0) is 18.2 Å². The van der Waals surface area contributed by atoms with Gasteiger partial charge in [0.15, 0.2) is 0 Å². The number of nitrogens with two attached hydrogens (primary N) is 1. The molecule has 0 bridgehead atoms. The molecule has 1 fully saturated rings. The molecule has 1 aliphatic rings. The zero-order valence-corrected chi connectivity index (χ0v) is 11.2. The van der Waals surface area contributed by atoms with Crippen molar-refractivity contribution in [2.24, 2.45) is 5.14 Å². The second-order valence-corrected chi connectivity index (χ2v) is 5.91. The Bertz CT molecular complexity index is 628. The van der Waals surface area contributed by atoms with E-state index in [1.165, 1.54) is 4.90 Å². The Morgan fingerprint density at radius 1 is 1.15 bits per heavy atom. The minimum absolute atomic E-state index is 0.0293. The maximum absolute atomic E-state index is 13.5. The van der Waals surface area contributed by atoms with E-state index < -0.39 is 27.8 Å². The van der Waals surface area contributed by atoms with E-state index >= 15 is 0 Å². The SMILES string of the molecule is NS(=O)(=O)N1CCN(C(=O)c2cc(F)ccc2F)CC1. The molecular formula is C11H13F2N3O3S. The second-order valence-electron chi connectivity index (χ2n) is 4.36. The molecule has 1 saturated heterocycles. The number of benzene rings is 1. The Labute approximate surface area is 114 Å². The van der Waals surface area contributed by atoms with Crippen LogP contribution in [0.4, 0.5) is 8.78 Å². The molecular weight excluding hydrogens is 292 g/mol. The third-order valence-corrected chi connectivity index (χ3v) is 4.13. The fourth-order valence-electron chi connectivity index (χ4n) is 1.98. The van der Waals surface area contributed by atoms with E-state index in [-0.39, 0.29) is 31.7 Å². The average Bonchev–Trinajstić information content (AvgIpc) is 2.40. The molecule has 0 spiro atoms. The standard InChI is InChI=1S/C11H13F2N3O3S/c12-8-1-2-10(13)9(7-8)11(17)15-3-5-16(6-4-15)20(14,18)19/h1-2,7H,3-6H2,(H2,14,18,19). The van der Waals surface area contributed by atoms with Gasteiger partial charge in [0.25, 0.3) is 16.1 Å². The molecule has 20 heavy (non-hydrogen) atoms. The Balaban J connectivity index is 2.11. The number of carbonyl (C=O) groups excluding carboxylic acids is 1. The number of rotatable bonds is 2. The maximum atomic E-state index is 13.5. The average molecular weight is 305 g/mol. The number of nitrogens with zero attached hydrogens (tertiary/aromatic N) is 2. The van der Waals surface area contributed by atoms with E-state index in [4.69, 9.17) is 5.14 Å². The molecule has 0 atom stereocenters. The summed E-state index contributed by atoms with van der Waals surface area (Å²) >= 11 is 0. The first-order valence-corrected chi connectivity index (χ1v) is 7.31. The lowest BCUT2D eigenvalue weighted by atomic mass is 10.1. The fourth-order valence-corrected chi connectivity index (χ4v) is 2.65. The third kappa shape index (κ3) is 3.11. The largest absolute Gasteiger partial charge is 0.336 e. The number of piperazine rings is 1. The third-order valence-electron chi connectivity index (χ3n) is 3.04. The summed E-state index contributed by atoms with van der Waals surface area (Å²) < 4.78 is 49.8. The minimum atomic E-state index is -3.79. The van der Waals surface area contributed by atoms with Crippen LogP contribution < -0.4 is 5.14 Å². The van der Waals surface area contributed by atoms with Gasteiger partial charge in [-0.25, -0.2) is 13.9 Å². The highest BCUT2D eigenvalue weighted by Crippen LogP contribution is 2.14. The fraction of sp³-hybridized carbons (Fsp3) is 0.364. The van der Waals surface area contributed by atoms with Crippen molar-refractivity contribution in [1.29, 1.82) is 0 Å². The van der Waals surface area contributed by atoms with Crippen molar-refractivity contribution in [1.82, 2.24) is 9.21 Å². The van der Waals surface area contributed by atoms with Gasteiger partial charge in [0, 0.05) is 26.2 Å². The quantitative estimate of drug-likeness (QED) is 0.830. The highest BCUT2D eigenvalue weighted by molar-refractivity contribution is 7.86. The van der Waals surface area contributed by atoms with E-state index in [1.54, 1.807) is 0 Å². The summed E-state index contributed by atoms with van der Waals surface area (Å²) in [5.74, 6) is -2.20. The van der Waals surface area contributed by atoms with Crippen molar-refractivity contribution in [3.63, 3.8) is 0 Å². The van der Waals surface area contributed by atoms with Gasteiger partial charge in [-0.15, -0.1) is 0 Å². The summed E-state index contributed by atoms with van der Waals surface area (Å²) in [5.41, 5.74) is -0.367. The zero-order valence-electron chi connectivity index (χ0n) is 10.4. The van der Waals surface area contributed by atoms with Crippen LogP contribution in [0.2, 0.25) is 0 Å². The molecule has 110 valence electrons. The summed E-state index contributed by atoms with van der Waals surface area (Å²) in [7, 11) is -3.79. The Morgan fingerprint density at radius 2 is 1.75 bits per heavy atom. The molecule has 0 saturated carbocycles. The van der Waals surface area contributed by atoms with Gasteiger partial charge in [0.2, 0.25) is 0 Å². The molecule has 0 radical (unpaired) electrons. The number of hydrogen-bond acceptors (Lipinski definition) is 3. The molecule has 1 aromatic rings. The van der Waals surface area contributed by atoms with Crippen molar-refractivity contribution < 1.29 is 22.0 Å². The molecule has 2 N–H and O–H groups in total. The molecule has 1 amide bonds. The zero-order chi connectivity index (χ0) is 14.9. The highest BCUT2D eigenvalue weighted by Gasteiger charge is 2.28. The van der Waals surface area contributed by atoms with Crippen LogP contribution in [0.25, 0.3) is 0 Å². The van der Waals surface area contributed by atoms with Crippen molar-refractivity contribution in [3.8, 4) is 0 Å². The van der Waals surface area contributed by atoms with Gasteiger partial charge in [0.1, 0.15) is 11.6 Å². The van der Waals surface area contributed by atoms with Crippen molar-refractivity contribution in [2.45, 2.75) is 0 Å². The molecule has 1 aromatic carbocycles. The summed E-state index contributed by atoms with van der Waals surface area (Å²) in [5, 5.41) is 4.97. The first kappa shape index (κ1) is 14.8. The molecule has 6 nitrogen and oxygen atoms in total. The molecule has 1 aliphatic heterocycles. The number of amides is 1. The first-order valence-electron chi connectivity index (χ1n) is 5.81. The summed E-state index contributed by atoms with van der Waals surface area (Å²) in [6, 6.07) is 2.62. The van der Waals surface area contributed by atoms with Gasteiger partial charge < -0.3 is 4.90 Å². The van der Waals surface area contributed by atoms with Crippen molar-refractivity contribution >= 4 is 16.1 Å². The van der Waals surface area contributed by atoms with Gasteiger partial charge in [0.05, 0.1) is 5.56 Å². The lowest BCUT2D eigenvalue weighted by Gasteiger charge is -2.33. The minimum Gasteiger partial charge on any atom is -0.336 e. The molecule has 0 unspecified atom stereocenters. The Kier molecular flexibility index (Phi) is 4.02. The summed E-state index contributed by atoms with van der Waals surface area (Å²) in [6.45, 7) is 0.208. The predicted molar refractivity (Wildman–Crippen MR) is 66.9 cm³/mol. The monoisotopic (exact) mass is 305 g/mol. The normalized spacial score (nSPS) is 17.2. The Morgan fingerprint density at radius 3 is 2.30 bits per heavy atom.